The summed E-state index contributed by atoms with van der Waals surface area (Å²) in [5.41, 5.74) is 0. The first kappa shape index (κ1) is 10.8. The molecular formula is C8H15F3N2. The first-order chi connectivity index (χ1) is 6.04. The Labute approximate surface area is 75.9 Å². The zero-order valence-corrected chi connectivity index (χ0v) is 7.62. The molecule has 5 heteroatoms. The third kappa shape index (κ3) is 3.15. The molecular weight excluding hydrogens is 181 g/mol. The lowest BCUT2D eigenvalue weighted by Gasteiger charge is -2.13. The van der Waals surface area contributed by atoms with Crippen LogP contribution in [0, 0.1) is 5.92 Å². The van der Waals surface area contributed by atoms with E-state index in [0.717, 1.165) is 6.54 Å². The second-order valence-corrected chi connectivity index (χ2v) is 3.39. The van der Waals surface area contributed by atoms with Gasteiger partial charge in [-0.1, -0.05) is 6.92 Å². The molecule has 0 spiro atoms. The summed E-state index contributed by atoms with van der Waals surface area (Å²) in [5, 5.41) is 5.90. The second kappa shape index (κ2) is 4.28. The van der Waals surface area contributed by atoms with E-state index < -0.39 is 12.1 Å². The molecule has 0 aromatic carbocycles. The molecule has 2 unspecified atom stereocenters. The molecule has 2 nitrogen and oxygen atoms in total. The number of nitrogens with one attached hydrogen (secondary N) is 2. The standard InChI is InChI=1S/C8H15F3N2/c1-2-12-5-7-3-6(4-13-7)8(9,10)11/h6-7,12-13H,2-5H2,1H3. The van der Waals surface area contributed by atoms with Crippen LogP contribution in [0.25, 0.3) is 0 Å². The summed E-state index contributed by atoms with van der Waals surface area (Å²) in [6.45, 7) is 3.44. The normalized spacial score (nSPS) is 29.5. The van der Waals surface area contributed by atoms with Gasteiger partial charge in [-0.05, 0) is 13.0 Å². The second-order valence-electron chi connectivity index (χ2n) is 3.39. The van der Waals surface area contributed by atoms with E-state index in [0.29, 0.717) is 6.54 Å². The number of hydrogen-bond acceptors (Lipinski definition) is 2. The van der Waals surface area contributed by atoms with Gasteiger partial charge in [-0.25, -0.2) is 0 Å². The Morgan fingerprint density at radius 1 is 1.46 bits per heavy atom. The molecule has 2 atom stereocenters. The van der Waals surface area contributed by atoms with Crippen LogP contribution in [0.1, 0.15) is 13.3 Å². The lowest BCUT2D eigenvalue weighted by molar-refractivity contribution is -0.169. The molecule has 1 saturated heterocycles. The molecule has 0 aromatic rings. The fraction of sp³-hybridized carbons (Fsp3) is 1.00. The molecule has 1 heterocycles. The number of hydrogen-bond donors (Lipinski definition) is 2. The summed E-state index contributed by atoms with van der Waals surface area (Å²) in [7, 11) is 0. The van der Waals surface area contributed by atoms with Gasteiger partial charge in [0.15, 0.2) is 0 Å². The monoisotopic (exact) mass is 196 g/mol. The van der Waals surface area contributed by atoms with Crippen molar-refractivity contribution in [1.29, 1.82) is 0 Å². The third-order valence-corrected chi connectivity index (χ3v) is 2.33. The predicted molar refractivity (Wildman–Crippen MR) is 44.5 cm³/mol. The maximum atomic E-state index is 12.2. The fourth-order valence-corrected chi connectivity index (χ4v) is 1.54. The van der Waals surface area contributed by atoms with Crippen molar-refractivity contribution >= 4 is 0 Å². The zero-order chi connectivity index (χ0) is 9.90. The van der Waals surface area contributed by atoms with Crippen molar-refractivity contribution < 1.29 is 13.2 Å². The minimum absolute atomic E-state index is 0.0217. The highest BCUT2D eigenvalue weighted by atomic mass is 19.4. The molecule has 2 N–H and O–H groups in total. The van der Waals surface area contributed by atoms with Gasteiger partial charge in [0, 0.05) is 19.1 Å². The van der Waals surface area contributed by atoms with Crippen molar-refractivity contribution in [2.24, 2.45) is 5.92 Å². The Bertz CT molecular complexity index is 158. The largest absolute Gasteiger partial charge is 0.393 e. The average Bonchev–Trinajstić information content (AvgIpc) is 2.47. The van der Waals surface area contributed by atoms with E-state index in [1.165, 1.54) is 0 Å². The molecule has 1 fully saturated rings. The molecule has 1 aliphatic rings. The van der Waals surface area contributed by atoms with Gasteiger partial charge in [0.05, 0.1) is 5.92 Å². The van der Waals surface area contributed by atoms with Crippen LogP contribution in [0.4, 0.5) is 13.2 Å². The topological polar surface area (TPSA) is 24.1 Å². The van der Waals surface area contributed by atoms with Crippen LogP contribution < -0.4 is 10.6 Å². The van der Waals surface area contributed by atoms with E-state index in [9.17, 15) is 13.2 Å². The van der Waals surface area contributed by atoms with Crippen LogP contribution >= 0.6 is 0 Å². The van der Waals surface area contributed by atoms with Gasteiger partial charge in [0.1, 0.15) is 0 Å². The quantitative estimate of drug-likeness (QED) is 0.707. The molecule has 1 rings (SSSR count). The summed E-state index contributed by atoms with van der Waals surface area (Å²) in [5.74, 6) is -1.16. The summed E-state index contributed by atoms with van der Waals surface area (Å²) < 4.78 is 36.6. The SMILES string of the molecule is CCNCC1CC(C(F)(F)F)CN1. The lowest BCUT2D eigenvalue weighted by atomic mass is 10.1. The summed E-state index contributed by atoms with van der Waals surface area (Å²) >= 11 is 0. The van der Waals surface area contributed by atoms with Crippen LogP contribution in [0.5, 0.6) is 0 Å². The van der Waals surface area contributed by atoms with Crippen molar-refractivity contribution in [3.05, 3.63) is 0 Å². The minimum atomic E-state index is -4.03. The van der Waals surface area contributed by atoms with Crippen molar-refractivity contribution in [1.82, 2.24) is 10.6 Å². The van der Waals surface area contributed by atoms with Crippen molar-refractivity contribution in [2.75, 3.05) is 19.6 Å². The van der Waals surface area contributed by atoms with Crippen LogP contribution in [0.15, 0.2) is 0 Å². The molecule has 0 amide bonds. The number of halogens is 3. The average molecular weight is 196 g/mol. The summed E-state index contributed by atoms with van der Waals surface area (Å²) in [6, 6.07) is -0.0217. The minimum Gasteiger partial charge on any atom is -0.315 e. The highest BCUT2D eigenvalue weighted by molar-refractivity contribution is 4.86. The summed E-state index contributed by atoms with van der Waals surface area (Å²) in [4.78, 5) is 0. The van der Waals surface area contributed by atoms with E-state index in [-0.39, 0.29) is 19.0 Å². The Balaban J connectivity index is 2.28. The van der Waals surface area contributed by atoms with Crippen molar-refractivity contribution in [3.63, 3.8) is 0 Å². The molecule has 13 heavy (non-hydrogen) atoms. The highest BCUT2D eigenvalue weighted by Gasteiger charge is 2.43. The van der Waals surface area contributed by atoms with Crippen molar-refractivity contribution in [2.45, 2.75) is 25.6 Å². The van der Waals surface area contributed by atoms with E-state index in [2.05, 4.69) is 10.6 Å². The smallest absolute Gasteiger partial charge is 0.315 e. The molecule has 1 aliphatic heterocycles. The Morgan fingerprint density at radius 3 is 2.62 bits per heavy atom. The molecule has 0 saturated carbocycles. The van der Waals surface area contributed by atoms with Crippen LogP contribution in [0.3, 0.4) is 0 Å². The molecule has 0 radical (unpaired) electrons. The third-order valence-electron chi connectivity index (χ3n) is 2.33. The van der Waals surface area contributed by atoms with Crippen LogP contribution in [0.2, 0.25) is 0 Å². The molecule has 0 aliphatic carbocycles. The molecule has 0 aromatic heterocycles. The van der Waals surface area contributed by atoms with E-state index >= 15 is 0 Å². The van der Waals surface area contributed by atoms with Crippen molar-refractivity contribution in [3.8, 4) is 0 Å². The maximum Gasteiger partial charge on any atom is 0.393 e. The highest BCUT2D eigenvalue weighted by Crippen LogP contribution is 2.32. The molecule has 78 valence electrons. The lowest BCUT2D eigenvalue weighted by Crippen LogP contribution is -2.33. The van der Waals surface area contributed by atoms with Gasteiger partial charge >= 0.3 is 6.18 Å². The van der Waals surface area contributed by atoms with E-state index in [1.807, 2.05) is 6.92 Å². The van der Waals surface area contributed by atoms with Gasteiger partial charge in [0.2, 0.25) is 0 Å². The Kier molecular flexibility index (Phi) is 3.55. The summed E-state index contributed by atoms with van der Waals surface area (Å²) in [6.07, 6.45) is -3.83. The Hall–Kier alpha value is -0.290. The zero-order valence-electron chi connectivity index (χ0n) is 7.62. The van der Waals surface area contributed by atoms with Crippen LogP contribution in [-0.2, 0) is 0 Å². The Morgan fingerprint density at radius 2 is 2.15 bits per heavy atom. The van der Waals surface area contributed by atoms with Gasteiger partial charge in [-0.15, -0.1) is 0 Å². The van der Waals surface area contributed by atoms with Crippen LogP contribution in [-0.4, -0.2) is 31.9 Å². The maximum absolute atomic E-state index is 12.2. The number of alkyl halides is 3. The fourth-order valence-electron chi connectivity index (χ4n) is 1.54. The predicted octanol–water partition coefficient (Wildman–Crippen LogP) is 1.14. The van der Waals surface area contributed by atoms with Gasteiger partial charge < -0.3 is 10.6 Å². The first-order valence-corrected chi connectivity index (χ1v) is 4.55. The molecule has 0 bridgehead atoms. The first-order valence-electron chi connectivity index (χ1n) is 4.55. The van der Waals surface area contributed by atoms with Gasteiger partial charge in [0.25, 0.3) is 0 Å². The van der Waals surface area contributed by atoms with Gasteiger partial charge in [-0.2, -0.15) is 13.2 Å². The van der Waals surface area contributed by atoms with E-state index in [1.54, 1.807) is 0 Å². The number of rotatable bonds is 3. The van der Waals surface area contributed by atoms with Gasteiger partial charge in [-0.3, -0.25) is 0 Å². The number of likely N-dealkylation sites (N-methyl/N-ethyl adjacent to an activating group) is 1. The van der Waals surface area contributed by atoms with E-state index in [4.69, 9.17) is 0 Å².